The van der Waals surface area contributed by atoms with Gasteiger partial charge in [-0.1, -0.05) is 0 Å². The standard InChI is InChI=1S/C23H20FN7/c24-16-3-1-15(2-4-16)21-22(17-7-9-26-23-18(17)8-10-27-23)31-19(28-21)5-6-20(29-31)30-13-11-25-12-14-30/h1-10,25H,11-14H2,(H,26,27). The number of nitrogens with one attached hydrogen (secondary N) is 2. The van der Waals surface area contributed by atoms with Crippen LogP contribution in [-0.4, -0.2) is 50.7 Å². The predicted octanol–water partition coefficient (Wildman–Crippen LogP) is 3.49. The molecule has 1 aliphatic heterocycles. The van der Waals surface area contributed by atoms with Gasteiger partial charge in [0.05, 0.1) is 5.69 Å². The van der Waals surface area contributed by atoms with Crippen LogP contribution in [0.2, 0.25) is 0 Å². The van der Waals surface area contributed by atoms with E-state index in [-0.39, 0.29) is 5.82 Å². The average Bonchev–Trinajstić information content (AvgIpc) is 3.44. The summed E-state index contributed by atoms with van der Waals surface area (Å²) in [5.74, 6) is 0.641. The number of H-pyrrole nitrogens is 1. The molecule has 0 radical (unpaired) electrons. The first-order chi connectivity index (χ1) is 15.3. The predicted molar refractivity (Wildman–Crippen MR) is 119 cm³/mol. The minimum absolute atomic E-state index is 0.273. The van der Waals surface area contributed by atoms with Crippen molar-refractivity contribution >= 4 is 22.5 Å². The molecule has 8 heteroatoms. The Morgan fingerprint density at radius 3 is 2.61 bits per heavy atom. The lowest BCUT2D eigenvalue weighted by atomic mass is 10.0. The quantitative estimate of drug-likeness (QED) is 0.474. The van der Waals surface area contributed by atoms with Crippen LogP contribution in [0.4, 0.5) is 10.2 Å². The van der Waals surface area contributed by atoms with Crippen molar-refractivity contribution in [1.82, 2.24) is 29.9 Å². The molecule has 0 bridgehead atoms. The van der Waals surface area contributed by atoms with E-state index in [0.29, 0.717) is 0 Å². The molecule has 0 aliphatic carbocycles. The van der Waals surface area contributed by atoms with Crippen molar-refractivity contribution in [2.75, 3.05) is 31.1 Å². The maximum Gasteiger partial charge on any atom is 0.155 e. The number of hydrogen-bond donors (Lipinski definition) is 2. The van der Waals surface area contributed by atoms with Gasteiger partial charge >= 0.3 is 0 Å². The summed E-state index contributed by atoms with van der Waals surface area (Å²) in [5, 5.41) is 9.34. The fourth-order valence-electron chi connectivity index (χ4n) is 4.20. The van der Waals surface area contributed by atoms with E-state index in [1.807, 2.05) is 35.0 Å². The molecule has 1 saturated heterocycles. The molecular weight excluding hydrogens is 393 g/mol. The number of piperazine rings is 1. The monoisotopic (exact) mass is 413 g/mol. The number of aromatic nitrogens is 5. The second-order valence-electron chi connectivity index (χ2n) is 7.61. The van der Waals surface area contributed by atoms with Crippen LogP contribution in [0, 0.1) is 5.82 Å². The summed E-state index contributed by atoms with van der Waals surface area (Å²) in [6, 6.07) is 14.4. The maximum absolute atomic E-state index is 13.6. The van der Waals surface area contributed by atoms with Crippen LogP contribution in [0.15, 0.2) is 60.9 Å². The highest BCUT2D eigenvalue weighted by Gasteiger charge is 2.21. The molecule has 6 rings (SSSR count). The fourth-order valence-corrected chi connectivity index (χ4v) is 4.20. The van der Waals surface area contributed by atoms with Gasteiger partial charge < -0.3 is 15.2 Å². The van der Waals surface area contributed by atoms with Gasteiger partial charge in [0, 0.05) is 55.1 Å². The van der Waals surface area contributed by atoms with Gasteiger partial charge in [-0.15, -0.1) is 5.10 Å². The van der Waals surface area contributed by atoms with Crippen LogP contribution in [0.5, 0.6) is 0 Å². The number of rotatable bonds is 3. The van der Waals surface area contributed by atoms with E-state index in [1.54, 1.807) is 18.3 Å². The minimum atomic E-state index is -0.273. The molecule has 1 fully saturated rings. The molecule has 7 nitrogen and oxygen atoms in total. The van der Waals surface area contributed by atoms with Crippen LogP contribution in [0.3, 0.4) is 0 Å². The molecule has 5 aromatic rings. The van der Waals surface area contributed by atoms with Crippen LogP contribution in [-0.2, 0) is 0 Å². The lowest BCUT2D eigenvalue weighted by molar-refractivity contribution is 0.582. The molecule has 1 aliphatic rings. The first kappa shape index (κ1) is 18.0. The van der Waals surface area contributed by atoms with Crippen molar-refractivity contribution in [2.45, 2.75) is 0 Å². The molecule has 1 aromatic carbocycles. The van der Waals surface area contributed by atoms with E-state index in [9.17, 15) is 4.39 Å². The first-order valence-electron chi connectivity index (χ1n) is 10.3. The number of hydrogen-bond acceptors (Lipinski definition) is 5. The van der Waals surface area contributed by atoms with Crippen LogP contribution < -0.4 is 10.2 Å². The van der Waals surface area contributed by atoms with Crippen molar-refractivity contribution in [3.05, 3.63) is 66.7 Å². The highest BCUT2D eigenvalue weighted by molar-refractivity contribution is 5.96. The summed E-state index contributed by atoms with van der Waals surface area (Å²) < 4.78 is 15.5. The first-order valence-corrected chi connectivity index (χ1v) is 10.3. The van der Waals surface area contributed by atoms with Crippen LogP contribution >= 0.6 is 0 Å². The lowest BCUT2D eigenvalue weighted by Crippen LogP contribution is -2.44. The molecule has 2 N–H and O–H groups in total. The van der Waals surface area contributed by atoms with Crippen LogP contribution in [0.25, 0.3) is 39.2 Å². The SMILES string of the molecule is Fc1ccc(-c2nc3ccc(N4CCNCC4)nn3c2-c2ccnc3[nH]ccc23)cc1. The number of nitrogens with zero attached hydrogens (tertiary/aromatic N) is 5. The lowest BCUT2D eigenvalue weighted by Gasteiger charge is -2.28. The summed E-state index contributed by atoms with van der Waals surface area (Å²) in [6.07, 6.45) is 3.66. The molecule has 0 atom stereocenters. The van der Waals surface area contributed by atoms with E-state index in [0.717, 1.165) is 71.2 Å². The van der Waals surface area contributed by atoms with E-state index in [1.165, 1.54) is 12.1 Å². The zero-order valence-electron chi connectivity index (χ0n) is 16.7. The number of halogens is 1. The third-order valence-electron chi connectivity index (χ3n) is 5.74. The highest BCUT2D eigenvalue weighted by atomic mass is 19.1. The summed E-state index contributed by atoms with van der Waals surface area (Å²) in [6.45, 7) is 3.69. The van der Waals surface area contributed by atoms with Gasteiger partial charge in [0.25, 0.3) is 0 Å². The summed E-state index contributed by atoms with van der Waals surface area (Å²) in [7, 11) is 0. The Morgan fingerprint density at radius 2 is 1.77 bits per heavy atom. The zero-order chi connectivity index (χ0) is 20.8. The Hall–Kier alpha value is -3.78. The van der Waals surface area contributed by atoms with Gasteiger partial charge in [-0.3, -0.25) is 0 Å². The van der Waals surface area contributed by atoms with Crippen molar-refractivity contribution in [3.8, 4) is 22.5 Å². The van der Waals surface area contributed by atoms with E-state index >= 15 is 0 Å². The Morgan fingerprint density at radius 1 is 0.935 bits per heavy atom. The molecule has 154 valence electrons. The molecule has 0 spiro atoms. The maximum atomic E-state index is 13.6. The molecule has 5 heterocycles. The normalized spacial score (nSPS) is 14.5. The Kier molecular flexibility index (Phi) is 4.17. The second-order valence-corrected chi connectivity index (χ2v) is 7.61. The number of aromatic amines is 1. The van der Waals surface area contributed by atoms with Crippen molar-refractivity contribution in [2.24, 2.45) is 0 Å². The molecular formula is C23H20FN7. The Balaban J connectivity index is 1.62. The summed E-state index contributed by atoms with van der Waals surface area (Å²) in [5.41, 5.74) is 4.99. The minimum Gasteiger partial charge on any atom is -0.353 e. The molecule has 0 unspecified atom stereocenters. The Bertz CT molecular complexity index is 1380. The van der Waals surface area contributed by atoms with Gasteiger partial charge in [0.2, 0.25) is 0 Å². The largest absolute Gasteiger partial charge is 0.353 e. The molecule has 31 heavy (non-hydrogen) atoms. The van der Waals surface area contributed by atoms with Crippen molar-refractivity contribution in [1.29, 1.82) is 0 Å². The van der Waals surface area contributed by atoms with E-state index in [2.05, 4.69) is 20.2 Å². The number of imidazole rings is 1. The van der Waals surface area contributed by atoms with Crippen LogP contribution in [0.1, 0.15) is 0 Å². The number of pyridine rings is 1. The average molecular weight is 413 g/mol. The third-order valence-corrected chi connectivity index (χ3v) is 5.74. The number of anilines is 1. The highest BCUT2D eigenvalue weighted by Crippen LogP contribution is 2.36. The molecule has 4 aromatic heterocycles. The van der Waals surface area contributed by atoms with Gasteiger partial charge in [-0.2, -0.15) is 0 Å². The third kappa shape index (κ3) is 3.03. The molecule has 0 saturated carbocycles. The van der Waals surface area contributed by atoms with E-state index in [4.69, 9.17) is 10.1 Å². The topological polar surface area (TPSA) is 74.1 Å². The van der Waals surface area contributed by atoms with E-state index < -0.39 is 0 Å². The smallest absolute Gasteiger partial charge is 0.155 e. The zero-order valence-corrected chi connectivity index (χ0v) is 16.7. The van der Waals surface area contributed by atoms with Gasteiger partial charge in [0.1, 0.15) is 23.0 Å². The van der Waals surface area contributed by atoms with Gasteiger partial charge in [0.15, 0.2) is 5.65 Å². The van der Waals surface area contributed by atoms with Crippen molar-refractivity contribution in [3.63, 3.8) is 0 Å². The van der Waals surface area contributed by atoms with Gasteiger partial charge in [-0.25, -0.2) is 18.9 Å². The Labute approximate surface area is 177 Å². The summed E-state index contributed by atoms with van der Waals surface area (Å²) >= 11 is 0. The summed E-state index contributed by atoms with van der Waals surface area (Å²) in [4.78, 5) is 14.8. The van der Waals surface area contributed by atoms with Crippen molar-refractivity contribution < 1.29 is 4.39 Å². The second kappa shape index (κ2) is 7.17. The van der Waals surface area contributed by atoms with Gasteiger partial charge in [-0.05, 0) is 48.5 Å². The fraction of sp³-hybridized carbons (Fsp3) is 0.174. The number of fused-ring (bicyclic) bond motifs is 2. The number of benzene rings is 1. The molecule has 0 amide bonds.